The van der Waals surface area contributed by atoms with Gasteiger partial charge in [-0.1, -0.05) is 0 Å². The highest BCUT2D eigenvalue weighted by molar-refractivity contribution is 5.42. The Bertz CT molecular complexity index is 765. The van der Waals surface area contributed by atoms with Crippen LogP contribution in [-0.2, 0) is 16.8 Å². The van der Waals surface area contributed by atoms with Crippen LogP contribution in [0.3, 0.4) is 0 Å². The number of rotatable bonds is 4. The third-order valence-electron chi connectivity index (χ3n) is 5.44. The molecule has 2 fully saturated rings. The molecule has 2 aliphatic heterocycles. The van der Waals surface area contributed by atoms with Gasteiger partial charge in [-0.25, -0.2) is 19.9 Å². The molecule has 130 valence electrons. The molecule has 1 atom stereocenters. The summed E-state index contributed by atoms with van der Waals surface area (Å²) in [4.78, 5) is 20.4. The molecule has 2 aromatic rings. The summed E-state index contributed by atoms with van der Waals surface area (Å²) in [7, 11) is 0. The molecule has 0 unspecified atom stereocenters. The van der Waals surface area contributed by atoms with E-state index in [0.29, 0.717) is 13.2 Å². The molecular formula is C18H22N6O. The Labute approximate surface area is 146 Å². The van der Waals surface area contributed by atoms with E-state index in [1.54, 1.807) is 12.4 Å². The minimum Gasteiger partial charge on any atom is -0.376 e. The first-order valence-electron chi connectivity index (χ1n) is 9.02. The first-order chi connectivity index (χ1) is 12.3. The van der Waals surface area contributed by atoms with Gasteiger partial charge in [0.25, 0.3) is 0 Å². The van der Waals surface area contributed by atoms with E-state index in [2.05, 4.69) is 25.2 Å². The van der Waals surface area contributed by atoms with Crippen molar-refractivity contribution in [3.8, 4) is 0 Å². The zero-order valence-electron chi connectivity index (χ0n) is 14.2. The van der Waals surface area contributed by atoms with E-state index in [9.17, 15) is 0 Å². The monoisotopic (exact) mass is 338 g/mol. The predicted molar refractivity (Wildman–Crippen MR) is 93.4 cm³/mol. The summed E-state index contributed by atoms with van der Waals surface area (Å²) < 4.78 is 5.90. The number of hydrogen-bond donors (Lipinski definition) is 1. The molecular weight excluding hydrogens is 316 g/mol. The topological polar surface area (TPSA) is 76.1 Å². The summed E-state index contributed by atoms with van der Waals surface area (Å²) in [5.74, 6) is 2.34. The molecule has 1 saturated carbocycles. The number of hydrogen-bond acceptors (Lipinski definition) is 7. The number of ether oxygens (including phenoxy) is 1. The average molecular weight is 338 g/mol. The normalized spacial score (nSPS) is 25.2. The molecule has 0 radical (unpaired) electrons. The van der Waals surface area contributed by atoms with Crippen molar-refractivity contribution in [3.63, 3.8) is 0 Å². The quantitative estimate of drug-likeness (QED) is 0.910. The molecule has 25 heavy (non-hydrogen) atoms. The van der Waals surface area contributed by atoms with Crippen LogP contribution in [0.15, 0.2) is 24.7 Å². The predicted octanol–water partition coefficient (Wildman–Crippen LogP) is 1.77. The van der Waals surface area contributed by atoms with Crippen molar-refractivity contribution in [1.82, 2.24) is 19.9 Å². The molecule has 5 rings (SSSR count). The van der Waals surface area contributed by atoms with Gasteiger partial charge in [-0.05, 0) is 31.2 Å². The van der Waals surface area contributed by atoms with Crippen LogP contribution in [0.1, 0.15) is 30.5 Å². The van der Waals surface area contributed by atoms with Crippen LogP contribution in [0, 0.1) is 5.92 Å². The Balaban J connectivity index is 1.42. The Hall–Kier alpha value is -2.28. The third-order valence-corrected chi connectivity index (χ3v) is 5.44. The maximum Gasteiger partial charge on any atom is 0.225 e. The van der Waals surface area contributed by atoms with E-state index in [1.807, 2.05) is 12.3 Å². The van der Waals surface area contributed by atoms with Gasteiger partial charge in [0.15, 0.2) is 0 Å². The Morgan fingerprint density at radius 3 is 2.96 bits per heavy atom. The lowest BCUT2D eigenvalue weighted by Crippen LogP contribution is -2.41. The fourth-order valence-electron chi connectivity index (χ4n) is 3.85. The fourth-order valence-corrected chi connectivity index (χ4v) is 3.85. The minimum absolute atomic E-state index is 0.0915. The third kappa shape index (κ3) is 2.82. The molecule has 7 nitrogen and oxygen atoms in total. The molecule has 7 heteroatoms. The van der Waals surface area contributed by atoms with E-state index >= 15 is 0 Å². The molecule has 1 saturated heterocycles. The van der Waals surface area contributed by atoms with Crippen molar-refractivity contribution in [2.75, 3.05) is 36.5 Å². The largest absolute Gasteiger partial charge is 0.376 e. The molecule has 1 aliphatic carbocycles. The summed E-state index contributed by atoms with van der Waals surface area (Å²) >= 11 is 0. The van der Waals surface area contributed by atoms with Crippen molar-refractivity contribution < 1.29 is 4.74 Å². The van der Waals surface area contributed by atoms with Crippen molar-refractivity contribution in [3.05, 3.63) is 35.9 Å². The highest BCUT2D eigenvalue weighted by Gasteiger charge is 2.45. The van der Waals surface area contributed by atoms with Crippen LogP contribution >= 0.6 is 0 Å². The van der Waals surface area contributed by atoms with Gasteiger partial charge in [0.05, 0.1) is 24.3 Å². The van der Waals surface area contributed by atoms with E-state index in [-0.39, 0.29) is 5.41 Å². The van der Waals surface area contributed by atoms with Crippen LogP contribution < -0.4 is 10.2 Å². The molecule has 3 aliphatic rings. The lowest BCUT2D eigenvalue weighted by molar-refractivity contribution is 0.0557. The zero-order valence-corrected chi connectivity index (χ0v) is 14.2. The van der Waals surface area contributed by atoms with Gasteiger partial charge in [-0.3, -0.25) is 0 Å². The number of nitrogens with one attached hydrogen (secondary N) is 1. The highest BCUT2D eigenvalue weighted by Crippen LogP contribution is 2.40. The van der Waals surface area contributed by atoms with Crippen LogP contribution in [0.4, 0.5) is 11.9 Å². The zero-order chi connectivity index (χ0) is 16.7. The molecule has 2 aromatic heterocycles. The number of anilines is 2. The van der Waals surface area contributed by atoms with Crippen LogP contribution in [-0.4, -0.2) is 46.2 Å². The maximum atomic E-state index is 5.90. The van der Waals surface area contributed by atoms with Crippen molar-refractivity contribution in [2.45, 2.75) is 31.3 Å². The van der Waals surface area contributed by atoms with Gasteiger partial charge in [0.2, 0.25) is 11.9 Å². The second kappa shape index (κ2) is 5.91. The molecule has 1 spiro atoms. The maximum absolute atomic E-state index is 5.90. The Morgan fingerprint density at radius 1 is 1.24 bits per heavy atom. The lowest BCUT2D eigenvalue weighted by atomic mass is 9.81. The Kier molecular flexibility index (Phi) is 3.55. The summed E-state index contributed by atoms with van der Waals surface area (Å²) in [6.07, 6.45) is 9.16. The summed E-state index contributed by atoms with van der Waals surface area (Å²) in [6.45, 7) is 4.03. The summed E-state index contributed by atoms with van der Waals surface area (Å²) in [5.41, 5.74) is 2.16. The summed E-state index contributed by atoms with van der Waals surface area (Å²) in [5, 5.41) is 3.40. The van der Waals surface area contributed by atoms with Gasteiger partial charge >= 0.3 is 0 Å². The number of nitrogens with zero attached hydrogens (tertiary/aromatic N) is 5. The van der Waals surface area contributed by atoms with Crippen LogP contribution in [0.5, 0.6) is 0 Å². The molecule has 4 heterocycles. The van der Waals surface area contributed by atoms with Crippen molar-refractivity contribution in [2.24, 2.45) is 5.92 Å². The number of fused-ring (bicyclic) bond motifs is 2. The molecule has 0 bridgehead atoms. The average Bonchev–Trinajstić information content (AvgIpc) is 3.40. The number of aromatic nitrogens is 4. The van der Waals surface area contributed by atoms with Crippen molar-refractivity contribution in [1.29, 1.82) is 0 Å². The molecule has 0 amide bonds. The second-order valence-electron chi connectivity index (χ2n) is 7.39. The highest BCUT2D eigenvalue weighted by atomic mass is 16.5. The smallest absolute Gasteiger partial charge is 0.225 e. The van der Waals surface area contributed by atoms with Gasteiger partial charge in [-0.15, -0.1) is 0 Å². The van der Waals surface area contributed by atoms with E-state index in [1.165, 1.54) is 12.8 Å². The van der Waals surface area contributed by atoms with Crippen molar-refractivity contribution >= 4 is 11.9 Å². The molecule has 1 N–H and O–H groups in total. The fraction of sp³-hybridized carbons (Fsp3) is 0.556. The standard InChI is InChI=1S/C18H22N6O/c1-5-19-17(20-6-1)24-7-4-18(11-24)12-25-10-14-9-22-16(23-15(14)18)21-8-13-2-3-13/h1,5-6,9,13H,2-4,7-8,10-12H2,(H,21,22,23)/t18-/m0/s1. The van der Waals surface area contributed by atoms with Crippen LogP contribution in [0.25, 0.3) is 0 Å². The first-order valence-corrected chi connectivity index (χ1v) is 9.02. The molecule has 0 aromatic carbocycles. The first kappa shape index (κ1) is 15.0. The van der Waals surface area contributed by atoms with Gasteiger partial charge in [-0.2, -0.15) is 0 Å². The van der Waals surface area contributed by atoms with E-state index in [0.717, 1.165) is 55.1 Å². The van der Waals surface area contributed by atoms with Gasteiger partial charge < -0.3 is 15.0 Å². The SMILES string of the molecule is c1cnc(N2CC[C@@]3(COCc4cnc(NCC5CC5)nc43)C2)nc1. The second-order valence-corrected chi connectivity index (χ2v) is 7.39. The van der Waals surface area contributed by atoms with E-state index < -0.39 is 0 Å². The minimum atomic E-state index is -0.0915. The van der Waals surface area contributed by atoms with Gasteiger partial charge in [0.1, 0.15) is 0 Å². The Morgan fingerprint density at radius 2 is 2.12 bits per heavy atom. The summed E-state index contributed by atoms with van der Waals surface area (Å²) in [6, 6.07) is 1.85. The lowest BCUT2D eigenvalue weighted by Gasteiger charge is -2.34. The van der Waals surface area contributed by atoms with Gasteiger partial charge in [0, 0.05) is 43.8 Å². The van der Waals surface area contributed by atoms with Crippen LogP contribution in [0.2, 0.25) is 0 Å². The van der Waals surface area contributed by atoms with E-state index in [4.69, 9.17) is 9.72 Å².